The van der Waals surface area contributed by atoms with E-state index in [1.807, 2.05) is 26.2 Å². The van der Waals surface area contributed by atoms with E-state index in [9.17, 15) is 0 Å². The minimum atomic E-state index is 0.421. The Balaban J connectivity index is 2.13. The number of hydrogen-bond donors (Lipinski definition) is 1. The van der Waals surface area contributed by atoms with Gasteiger partial charge in [0.15, 0.2) is 5.82 Å². The molecule has 6 heteroatoms. The van der Waals surface area contributed by atoms with E-state index in [2.05, 4.69) is 15.1 Å². The van der Waals surface area contributed by atoms with Gasteiger partial charge in [0.1, 0.15) is 11.6 Å². The van der Waals surface area contributed by atoms with Crippen LogP contribution in [0, 0.1) is 6.92 Å². The maximum Gasteiger partial charge on any atom is 0.165 e. The van der Waals surface area contributed by atoms with Gasteiger partial charge in [0.2, 0.25) is 0 Å². The van der Waals surface area contributed by atoms with Gasteiger partial charge in [-0.2, -0.15) is 5.10 Å². The Bertz CT molecular complexity index is 728. The lowest BCUT2D eigenvalue weighted by Gasteiger charge is -2.03. The Morgan fingerprint density at radius 2 is 2.16 bits per heavy atom. The molecule has 0 fully saturated rings. The van der Waals surface area contributed by atoms with Crippen LogP contribution in [0.15, 0.2) is 35.2 Å². The van der Waals surface area contributed by atoms with Crippen LogP contribution in [-0.2, 0) is 7.05 Å². The van der Waals surface area contributed by atoms with Crippen LogP contribution in [0.25, 0.3) is 22.6 Å². The van der Waals surface area contributed by atoms with Gasteiger partial charge in [-0.05, 0) is 13.0 Å². The lowest BCUT2D eigenvalue weighted by Crippen LogP contribution is -1.97. The number of aromatic nitrogens is 4. The molecule has 96 valence electrons. The monoisotopic (exact) mass is 255 g/mol. The first-order valence-corrected chi connectivity index (χ1v) is 5.81. The molecule has 6 nitrogen and oxygen atoms in total. The number of furan rings is 1. The minimum absolute atomic E-state index is 0.421. The number of nitrogens with two attached hydrogens (primary N) is 1. The highest BCUT2D eigenvalue weighted by atomic mass is 16.3. The Kier molecular flexibility index (Phi) is 2.56. The van der Waals surface area contributed by atoms with E-state index in [4.69, 9.17) is 10.2 Å². The van der Waals surface area contributed by atoms with Gasteiger partial charge in [-0.25, -0.2) is 9.97 Å². The third kappa shape index (κ3) is 2.08. The van der Waals surface area contributed by atoms with Gasteiger partial charge in [0.05, 0.1) is 23.7 Å². The second kappa shape index (κ2) is 4.24. The molecule has 0 atom stereocenters. The molecule has 0 spiro atoms. The SMILES string of the molecule is Cc1occc1-c1nc(N)cc(-c2cnn(C)c2)n1. The Morgan fingerprint density at radius 1 is 1.32 bits per heavy atom. The van der Waals surface area contributed by atoms with Gasteiger partial charge >= 0.3 is 0 Å². The van der Waals surface area contributed by atoms with Crippen molar-refractivity contribution in [2.75, 3.05) is 5.73 Å². The second-order valence-corrected chi connectivity index (χ2v) is 4.29. The van der Waals surface area contributed by atoms with Crippen LogP contribution in [0.2, 0.25) is 0 Å². The number of anilines is 1. The molecule has 2 N–H and O–H groups in total. The van der Waals surface area contributed by atoms with E-state index in [1.165, 1.54) is 0 Å². The van der Waals surface area contributed by atoms with E-state index in [0.717, 1.165) is 22.6 Å². The molecular formula is C13H13N5O. The first kappa shape index (κ1) is 11.5. The van der Waals surface area contributed by atoms with Crippen molar-refractivity contribution < 1.29 is 4.42 Å². The summed E-state index contributed by atoms with van der Waals surface area (Å²) in [6.07, 6.45) is 5.24. The number of hydrogen-bond acceptors (Lipinski definition) is 5. The van der Waals surface area contributed by atoms with E-state index in [-0.39, 0.29) is 0 Å². The van der Waals surface area contributed by atoms with Gasteiger partial charge in [0, 0.05) is 24.9 Å². The van der Waals surface area contributed by atoms with Gasteiger partial charge in [-0.15, -0.1) is 0 Å². The van der Waals surface area contributed by atoms with Crippen molar-refractivity contribution in [2.45, 2.75) is 6.92 Å². The molecule has 3 aromatic rings. The van der Waals surface area contributed by atoms with Crippen LogP contribution in [0.1, 0.15) is 5.76 Å². The summed E-state index contributed by atoms with van der Waals surface area (Å²) < 4.78 is 6.99. The average Bonchev–Trinajstić information content (AvgIpc) is 2.97. The molecule has 0 aliphatic rings. The fraction of sp³-hybridized carbons (Fsp3) is 0.154. The average molecular weight is 255 g/mol. The predicted molar refractivity (Wildman–Crippen MR) is 71.1 cm³/mol. The summed E-state index contributed by atoms with van der Waals surface area (Å²) in [5.74, 6) is 1.75. The molecule has 19 heavy (non-hydrogen) atoms. The molecule has 0 aromatic carbocycles. The number of aryl methyl sites for hydroxylation is 2. The molecule has 0 bridgehead atoms. The third-order valence-corrected chi connectivity index (χ3v) is 2.85. The molecule has 3 heterocycles. The summed E-state index contributed by atoms with van der Waals surface area (Å²) in [4.78, 5) is 8.76. The lowest BCUT2D eigenvalue weighted by molar-refractivity contribution is 0.535. The maximum atomic E-state index is 5.85. The van der Waals surface area contributed by atoms with Crippen LogP contribution >= 0.6 is 0 Å². The summed E-state index contributed by atoms with van der Waals surface area (Å²) in [5.41, 5.74) is 8.34. The summed E-state index contributed by atoms with van der Waals surface area (Å²) in [5, 5.41) is 4.13. The number of nitrogen functional groups attached to an aromatic ring is 1. The van der Waals surface area contributed by atoms with E-state index in [0.29, 0.717) is 11.6 Å². The fourth-order valence-corrected chi connectivity index (χ4v) is 1.90. The zero-order valence-corrected chi connectivity index (χ0v) is 10.7. The first-order chi connectivity index (χ1) is 9.13. The van der Waals surface area contributed by atoms with Crippen LogP contribution in [0.5, 0.6) is 0 Å². The van der Waals surface area contributed by atoms with Crippen molar-refractivity contribution in [2.24, 2.45) is 7.05 Å². The minimum Gasteiger partial charge on any atom is -0.469 e. The predicted octanol–water partition coefficient (Wildman–Crippen LogP) is 2.03. The Morgan fingerprint density at radius 3 is 2.79 bits per heavy atom. The molecule has 0 amide bonds. The highest BCUT2D eigenvalue weighted by molar-refractivity contribution is 5.66. The van der Waals surface area contributed by atoms with Gasteiger partial charge in [0.25, 0.3) is 0 Å². The Labute approximate surface area is 109 Å². The summed E-state index contributed by atoms with van der Waals surface area (Å²) in [6, 6.07) is 3.56. The topological polar surface area (TPSA) is 82.8 Å². The van der Waals surface area contributed by atoms with E-state index >= 15 is 0 Å². The molecule has 0 aliphatic heterocycles. The van der Waals surface area contributed by atoms with Crippen molar-refractivity contribution in [3.8, 4) is 22.6 Å². The van der Waals surface area contributed by atoms with Crippen molar-refractivity contribution in [3.05, 3.63) is 36.5 Å². The second-order valence-electron chi connectivity index (χ2n) is 4.29. The number of rotatable bonds is 2. The molecule has 3 rings (SSSR count). The number of nitrogens with zero attached hydrogens (tertiary/aromatic N) is 4. The summed E-state index contributed by atoms with van der Waals surface area (Å²) >= 11 is 0. The highest BCUT2D eigenvalue weighted by Crippen LogP contribution is 2.25. The van der Waals surface area contributed by atoms with Gasteiger partial charge in [-0.1, -0.05) is 0 Å². The van der Waals surface area contributed by atoms with Crippen molar-refractivity contribution in [1.29, 1.82) is 0 Å². The van der Waals surface area contributed by atoms with Crippen LogP contribution in [-0.4, -0.2) is 19.7 Å². The normalized spacial score (nSPS) is 10.8. The van der Waals surface area contributed by atoms with Gasteiger partial charge < -0.3 is 10.2 Å². The van der Waals surface area contributed by atoms with Crippen LogP contribution < -0.4 is 5.73 Å². The van der Waals surface area contributed by atoms with Crippen molar-refractivity contribution >= 4 is 5.82 Å². The zero-order chi connectivity index (χ0) is 13.4. The fourth-order valence-electron chi connectivity index (χ4n) is 1.90. The largest absolute Gasteiger partial charge is 0.469 e. The molecule has 0 aliphatic carbocycles. The summed E-state index contributed by atoms with van der Waals surface area (Å²) in [6.45, 7) is 1.87. The van der Waals surface area contributed by atoms with Crippen LogP contribution in [0.4, 0.5) is 5.82 Å². The lowest BCUT2D eigenvalue weighted by atomic mass is 10.2. The van der Waals surface area contributed by atoms with E-state index in [1.54, 1.807) is 23.2 Å². The molecule has 0 radical (unpaired) electrons. The standard InChI is InChI=1S/C13H13N5O/c1-8-10(3-4-19-8)13-16-11(5-12(14)17-13)9-6-15-18(2)7-9/h3-7H,1-2H3,(H2,14,16,17). The zero-order valence-electron chi connectivity index (χ0n) is 10.7. The molecule has 0 saturated heterocycles. The van der Waals surface area contributed by atoms with Crippen molar-refractivity contribution in [3.63, 3.8) is 0 Å². The quantitative estimate of drug-likeness (QED) is 0.757. The third-order valence-electron chi connectivity index (χ3n) is 2.85. The Hall–Kier alpha value is -2.63. The smallest absolute Gasteiger partial charge is 0.165 e. The van der Waals surface area contributed by atoms with E-state index < -0.39 is 0 Å². The molecule has 3 aromatic heterocycles. The highest BCUT2D eigenvalue weighted by Gasteiger charge is 2.11. The van der Waals surface area contributed by atoms with Gasteiger partial charge in [-0.3, -0.25) is 4.68 Å². The first-order valence-electron chi connectivity index (χ1n) is 5.81. The van der Waals surface area contributed by atoms with Crippen molar-refractivity contribution in [1.82, 2.24) is 19.7 Å². The molecule has 0 unspecified atom stereocenters. The molecular weight excluding hydrogens is 242 g/mol. The molecule has 0 saturated carbocycles. The maximum absolute atomic E-state index is 5.85. The van der Waals surface area contributed by atoms with Crippen LogP contribution in [0.3, 0.4) is 0 Å². The summed E-state index contributed by atoms with van der Waals surface area (Å²) in [7, 11) is 1.86.